The Morgan fingerprint density at radius 3 is 2.22 bits per heavy atom. The maximum atomic E-state index is 5.58. The Hall–Kier alpha value is -1.42. The summed E-state index contributed by atoms with van der Waals surface area (Å²) < 4.78 is 16.1. The van der Waals surface area contributed by atoms with Crippen molar-refractivity contribution in [2.75, 3.05) is 27.9 Å². The van der Waals surface area contributed by atoms with E-state index < -0.39 is 0 Å². The zero-order chi connectivity index (χ0) is 13.5. The third-order valence-electron chi connectivity index (χ3n) is 3.01. The Balaban J connectivity index is 3.04. The molecule has 4 nitrogen and oxygen atoms in total. The third kappa shape index (κ3) is 3.29. The first-order valence-corrected chi connectivity index (χ1v) is 6.15. The van der Waals surface area contributed by atoms with Crippen molar-refractivity contribution in [1.29, 1.82) is 0 Å². The summed E-state index contributed by atoms with van der Waals surface area (Å²) in [5, 5.41) is 0. The summed E-state index contributed by atoms with van der Waals surface area (Å²) in [5.41, 5.74) is 6.70. The van der Waals surface area contributed by atoms with Gasteiger partial charge in [0, 0.05) is 0 Å². The molecule has 1 rings (SSSR count). The van der Waals surface area contributed by atoms with E-state index >= 15 is 0 Å². The van der Waals surface area contributed by atoms with Gasteiger partial charge in [-0.25, -0.2) is 0 Å². The van der Waals surface area contributed by atoms with Crippen LogP contribution in [0.2, 0.25) is 0 Å². The lowest BCUT2D eigenvalue weighted by atomic mass is 9.97. The number of ether oxygens (including phenoxy) is 3. The number of methoxy groups -OCH3 is 3. The van der Waals surface area contributed by atoms with Crippen molar-refractivity contribution in [3.63, 3.8) is 0 Å². The van der Waals surface area contributed by atoms with E-state index in [2.05, 4.69) is 6.92 Å². The van der Waals surface area contributed by atoms with Crippen LogP contribution in [0.15, 0.2) is 12.1 Å². The van der Waals surface area contributed by atoms with E-state index in [1.807, 2.05) is 12.1 Å². The van der Waals surface area contributed by atoms with Gasteiger partial charge in [-0.2, -0.15) is 0 Å². The largest absolute Gasteiger partial charge is 0.493 e. The standard InChI is InChI=1S/C14H23NO3/c1-10(7-8-15)9-11-5-6-12(16-2)14(18-4)13(11)17-3/h5-6,10H,7-9,15H2,1-4H3. The van der Waals surface area contributed by atoms with Crippen molar-refractivity contribution in [2.45, 2.75) is 19.8 Å². The van der Waals surface area contributed by atoms with E-state index in [9.17, 15) is 0 Å². The lowest BCUT2D eigenvalue weighted by Crippen LogP contribution is -2.09. The molecule has 1 unspecified atom stereocenters. The van der Waals surface area contributed by atoms with Gasteiger partial charge in [-0.3, -0.25) is 0 Å². The lowest BCUT2D eigenvalue weighted by molar-refractivity contribution is 0.321. The SMILES string of the molecule is COc1ccc(CC(C)CCN)c(OC)c1OC. The van der Waals surface area contributed by atoms with E-state index in [-0.39, 0.29) is 0 Å². The van der Waals surface area contributed by atoms with E-state index in [0.29, 0.717) is 24.0 Å². The smallest absolute Gasteiger partial charge is 0.203 e. The fraction of sp³-hybridized carbons (Fsp3) is 0.571. The van der Waals surface area contributed by atoms with Gasteiger partial charge in [-0.15, -0.1) is 0 Å². The number of benzene rings is 1. The minimum Gasteiger partial charge on any atom is -0.493 e. The summed E-state index contributed by atoms with van der Waals surface area (Å²) in [7, 11) is 4.88. The van der Waals surface area contributed by atoms with Gasteiger partial charge in [0.15, 0.2) is 11.5 Å². The highest BCUT2D eigenvalue weighted by Gasteiger charge is 2.17. The second-order valence-corrected chi connectivity index (χ2v) is 4.38. The molecule has 0 bridgehead atoms. The third-order valence-corrected chi connectivity index (χ3v) is 3.01. The Bertz CT molecular complexity index is 380. The molecule has 0 saturated heterocycles. The molecule has 1 atom stereocenters. The fourth-order valence-electron chi connectivity index (χ4n) is 2.09. The molecule has 1 aromatic carbocycles. The van der Waals surface area contributed by atoms with Crippen LogP contribution in [0.3, 0.4) is 0 Å². The quantitative estimate of drug-likeness (QED) is 0.809. The van der Waals surface area contributed by atoms with Gasteiger partial charge in [-0.05, 0) is 36.9 Å². The van der Waals surface area contributed by atoms with Gasteiger partial charge in [0.25, 0.3) is 0 Å². The van der Waals surface area contributed by atoms with Gasteiger partial charge >= 0.3 is 0 Å². The van der Waals surface area contributed by atoms with Crippen LogP contribution in [0.5, 0.6) is 17.2 Å². The molecule has 1 aromatic rings. The van der Waals surface area contributed by atoms with Crippen molar-refractivity contribution in [1.82, 2.24) is 0 Å². The zero-order valence-corrected chi connectivity index (χ0v) is 11.7. The number of nitrogens with two attached hydrogens (primary N) is 1. The first-order chi connectivity index (χ1) is 8.67. The Labute approximate surface area is 109 Å². The van der Waals surface area contributed by atoms with Crippen molar-refractivity contribution >= 4 is 0 Å². The average molecular weight is 253 g/mol. The van der Waals surface area contributed by atoms with E-state index in [4.69, 9.17) is 19.9 Å². The molecule has 0 aliphatic heterocycles. The maximum absolute atomic E-state index is 5.58. The first kappa shape index (κ1) is 14.6. The second kappa shape index (κ2) is 7.11. The van der Waals surface area contributed by atoms with Gasteiger partial charge in [-0.1, -0.05) is 13.0 Å². The Kier molecular flexibility index (Phi) is 5.78. The minimum atomic E-state index is 0.516. The fourth-order valence-corrected chi connectivity index (χ4v) is 2.09. The summed E-state index contributed by atoms with van der Waals surface area (Å²) in [6.07, 6.45) is 1.91. The predicted octanol–water partition coefficient (Wildman–Crippen LogP) is 2.24. The Morgan fingerprint density at radius 2 is 1.72 bits per heavy atom. The van der Waals surface area contributed by atoms with Crippen LogP contribution in [-0.2, 0) is 6.42 Å². The highest BCUT2D eigenvalue weighted by Crippen LogP contribution is 2.40. The summed E-state index contributed by atoms with van der Waals surface area (Å²) in [6, 6.07) is 3.93. The molecule has 0 aliphatic rings. The number of rotatable bonds is 7. The molecular formula is C14H23NO3. The van der Waals surface area contributed by atoms with E-state index in [1.54, 1.807) is 21.3 Å². The van der Waals surface area contributed by atoms with Gasteiger partial charge < -0.3 is 19.9 Å². The van der Waals surface area contributed by atoms with Gasteiger partial charge in [0.2, 0.25) is 5.75 Å². The van der Waals surface area contributed by atoms with Crippen molar-refractivity contribution in [3.05, 3.63) is 17.7 Å². The molecule has 0 spiro atoms. The molecule has 0 heterocycles. The van der Waals surface area contributed by atoms with Crippen LogP contribution in [-0.4, -0.2) is 27.9 Å². The summed E-state index contributed by atoms with van der Waals surface area (Å²) in [5.74, 6) is 2.60. The second-order valence-electron chi connectivity index (χ2n) is 4.38. The monoisotopic (exact) mass is 253 g/mol. The summed E-state index contributed by atoms with van der Waals surface area (Å²) in [4.78, 5) is 0. The van der Waals surface area contributed by atoms with Crippen molar-refractivity contribution in [3.8, 4) is 17.2 Å². The van der Waals surface area contributed by atoms with Crippen molar-refractivity contribution < 1.29 is 14.2 Å². The minimum absolute atomic E-state index is 0.516. The lowest BCUT2D eigenvalue weighted by Gasteiger charge is -2.17. The molecular weight excluding hydrogens is 230 g/mol. The van der Waals surface area contributed by atoms with Crippen LogP contribution in [0.4, 0.5) is 0 Å². The number of hydrogen-bond donors (Lipinski definition) is 1. The van der Waals surface area contributed by atoms with Crippen LogP contribution >= 0.6 is 0 Å². The van der Waals surface area contributed by atoms with Gasteiger partial charge in [0.1, 0.15) is 0 Å². The molecule has 0 aliphatic carbocycles. The van der Waals surface area contributed by atoms with Crippen LogP contribution < -0.4 is 19.9 Å². The molecule has 0 radical (unpaired) electrons. The first-order valence-electron chi connectivity index (χ1n) is 6.15. The normalized spacial score (nSPS) is 12.1. The molecule has 2 N–H and O–H groups in total. The van der Waals surface area contributed by atoms with Crippen molar-refractivity contribution in [2.24, 2.45) is 11.7 Å². The molecule has 0 amide bonds. The molecule has 0 fully saturated rings. The summed E-state index contributed by atoms with van der Waals surface area (Å²) in [6.45, 7) is 2.89. The zero-order valence-electron chi connectivity index (χ0n) is 11.7. The molecule has 0 saturated carbocycles. The number of hydrogen-bond acceptors (Lipinski definition) is 4. The molecule has 0 aromatic heterocycles. The summed E-state index contributed by atoms with van der Waals surface area (Å²) >= 11 is 0. The van der Waals surface area contributed by atoms with E-state index in [0.717, 1.165) is 24.2 Å². The molecule has 18 heavy (non-hydrogen) atoms. The predicted molar refractivity (Wildman–Crippen MR) is 72.6 cm³/mol. The topological polar surface area (TPSA) is 53.7 Å². The van der Waals surface area contributed by atoms with E-state index in [1.165, 1.54) is 0 Å². The highest BCUT2D eigenvalue weighted by atomic mass is 16.5. The van der Waals surface area contributed by atoms with Crippen LogP contribution in [0, 0.1) is 5.92 Å². The van der Waals surface area contributed by atoms with Gasteiger partial charge in [0.05, 0.1) is 21.3 Å². The highest BCUT2D eigenvalue weighted by molar-refractivity contribution is 5.55. The maximum Gasteiger partial charge on any atom is 0.203 e. The van der Waals surface area contributed by atoms with Crippen LogP contribution in [0.25, 0.3) is 0 Å². The molecule has 4 heteroatoms. The molecule has 102 valence electrons. The Morgan fingerprint density at radius 1 is 1.06 bits per heavy atom. The average Bonchev–Trinajstić information content (AvgIpc) is 2.38. The van der Waals surface area contributed by atoms with Crippen LogP contribution in [0.1, 0.15) is 18.9 Å².